The second-order valence-electron chi connectivity index (χ2n) is 5.95. The molecule has 27 heavy (non-hydrogen) atoms. The molecule has 0 fully saturated rings. The first-order valence-corrected chi connectivity index (χ1v) is 9.17. The van der Waals surface area contributed by atoms with Crippen molar-refractivity contribution >= 4 is 33.3 Å². The third-order valence-electron chi connectivity index (χ3n) is 4.22. The highest BCUT2D eigenvalue weighted by Crippen LogP contribution is 2.36. The predicted molar refractivity (Wildman–Crippen MR) is 103 cm³/mol. The molecule has 0 unspecified atom stereocenters. The summed E-state index contributed by atoms with van der Waals surface area (Å²) in [4.78, 5) is 21.4. The minimum absolute atomic E-state index is 0.232. The maximum absolute atomic E-state index is 12.5. The summed E-state index contributed by atoms with van der Waals surface area (Å²) in [6.45, 7) is 0.232. The molecular weight excluding hydrogens is 362 g/mol. The summed E-state index contributed by atoms with van der Waals surface area (Å²) in [5.41, 5.74) is 2.80. The summed E-state index contributed by atoms with van der Waals surface area (Å²) in [7, 11) is 0. The Morgan fingerprint density at radius 2 is 1.89 bits per heavy atom. The van der Waals surface area contributed by atoms with Crippen LogP contribution in [0.4, 0.5) is 5.13 Å². The normalized spacial score (nSPS) is 12.3. The molecule has 0 atom stereocenters. The molecule has 4 aromatic rings. The van der Waals surface area contributed by atoms with Gasteiger partial charge in [-0.1, -0.05) is 24.3 Å². The molecule has 2 aromatic carbocycles. The number of nitrogens with one attached hydrogen (secondary N) is 1. The fourth-order valence-corrected chi connectivity index (χ4v) is 3.59. The number of fused-ring (bicyclic) bond motifs is 2. The Hall–Kier alpha value is -3.45. The standard InChI is InChI=1S/C20H13N3O3S/c24-19(15-7-5-12-3-1-2-4-14(12)21-15)23-20-22-16(10-27-20)13-6-8-17-18(9-13)26-11-25-17/h1-10H,11H2,(H,22,23,24). The van der Waals surface area contributed by atoms with E-state index in [-0.39, 0.29) is 12.7 Å². The summed E-state index contributed by atoms with van der Waals surface area (Å²) < 4.78 is 10.7. The van der Waals surface area contributed by atoms with Crippen LogP contribution in [0.5, 0.6) is 11.5 Å². The number of hydrogen-bond donors (Lipinski definition) is 1. The number of hydrogen-bond acceptors (Lipinski definition) is 6. The van der Waals surface area contributed by atoms with E-state index in [2.05, 4.69) is 15.3 Å². The van der Waals surface area contributed by atoms with Gasteiger partial charge in [0.15, 0.2) is 16.6 Å². The highest BCUT2D eigenvalue weighted by atomic mass is 32.1. The zero-order valence-corrected chi connectivity index (χ0v) is 14.8. The van der Waals surface area contributed by atoms with Crippen LogP contribution in [0.15, 0.2) is 60.0 Å². The van der Waals surface area contributed by atoms with E-state index in [1.807, 2.05) is 53.9 Å². The van der Waals surface area contributed by atoms with Crippen LogP contribution in [0.25, 0.3) is 22.2 Å². The van der Waals surface area contributed by atoms with Crippen LogP contribution in [0.2, 0.25) is 0 Å². The number of amides is 1. The summed E-state index contributed by atoms with van der Waals surface area (Å²) in [5, 5.41) is 6.22. The van der Waals surface area contributed by atoms with Gasteiger partial charge < -0.3 is 9.47 Å². The van der Waals surface area contributed by atoms with Gasteiger partial charge in [0.2, 0.25) is 6.79 Å². The molecule has 0 aliphatic carbocycles. The van der Waals surface area contributed by atoms with Crippen molar-refractivity contribution in [3.8, 4) is 22.8 Å². The van der Waals surface area contributed by atoms with Crippen LogP contribution in [-0.2, 0) is 0 Å². The molecule has 1 aliphatic rings. The Kier molecular flexibility index (Phi) is 3.72. The Morgan fingerprint density at radius 3 is 2.85 bits per heavy atom. The number of aromatic nitrogens is 2. The fourth-order valence-electron chi connectivity index (χ4n) is 2.87. The van der Waals surface area contributed by atoms with Crippen LogP contribution in [0.3, 0.4) is 0 Å². The Labute approximate surface area is 158 Å². The highest BCUT2D eigenvalue weighted by Gasteiger charge is 2.16. The van der Waals surface area contributed by atoms with Crippen molar-refractivity contribution < 1.29 is 14.3 Å². The number of ether oxygens (including phenoxy) is 2. The van der Waals surface area contributed by atoms with Crippen molar-refractivity contribution in [2.45, 2.75) is 0 Å². The van der Waals surface area contributed by atoms with Crippen molar-refractivity contribution in [1.82, 2.24) is 9.97 Å². The number of thiazole rings is 1. The van der Waals surface area contributed by atoms with E-state index in [4.69, 9.17) is 9.47 Å². The molecule has 0 spiro atoms. The van der Waals surface area contributed by atoms with E-state index in [9.17, 15) is 4.79 Å². The van der Waals surface area contributed by atoms with Crippen LogP contribution >= 0.6 is 11.3 Å². The van der Waals surface area contributed by atoms with Gasteiger partial charge in [0, 0.05) is 16.3 Å². The summed E-state index contributed by atoms with van der Waals surface area (Å²) in [6.07, 6.45) is 0. The summed E-state index contributed by atoms with van der Waals surface area (Å²) in [5.74, 6) is 1.14. The van der Waals surface area contributed by atoms with Crippen LogP contribution in [-0.4, -0.2) is 22.7 Å². The van der Waals surface area contributed by atoms with Gasteiger partial charge >= 0.3 is 0 Å². The zero-order chi connectivity index (χ0) is 18.2. The molecule has 2 aromatic heterocycles. The second kappa shape index (κ2) is 6.37. The molecule has 1 aliphatic heterocycles. The molecule has 0 saturated carbocycles. The van der Waals surface area contributed by atoms with Gasteiger partial charge in [-0.25, -0.2) is 9.97 Å². The average molecular weight is 375 g/mol. The first kappa shape index (κ1) is 15.8. The fraction of sp³-hybridized carbons (Fsp3) is 0.0500. The maximum atomic E-state index is 12.5. The lowest BCUT2D eigenvalue weighted by atomic mass is 10.1. The Bertz CT molecular complexity index is 1170. The lowest BCUT2D eigenvalue weighted by Crippen LogP contribution is -2.13. The zero-order valence-electron chi connectivity index (χ0n) is 14.0. The average Bonchev–Trinajstić information content (AvgIpc) is 3.36. The molecule has 0 bridgehead atoms. The van der Waals surface area contributed by atoms with E-state index in [0.717, 1.165) is 27.9 Å². The molecule has 1 amide bonds. The van der Waals surface area contributed by atoms with Gasteiger partial charge in [0.05, 0.1) is 11.2 Å². The number of nitrogens with zero attached hydrogens (tertiary/aromatic N) is 2. The summed E-state index contributed by atoms with van der Waals surface area (Å²) >= 11 is 1.36. The number of anilines is 1. The van der Waals surface area contributed by atoms with Gasteiger partial charge in [0.25, 0.3) is 5.91 Å². The first-order valence-electron chi connectivity index (χ1n) is 8.29. The van der Waals surface area contributed by atoms with Gasteiger partial charge in [-0.15, -0.1) is 11.3 Å². The third-order valence-corrected chi connectivity index (χ3v) is 4.98. The van der Waals surface area contributed by atoms with Crippen LogP contribution in [0, 0.1) is 0 Å². The predicted octanol–water partition coefficient (Wildman–Crippen LogP) is 4.34. The topological polar surface area (TPSA) is 73.3 Å². The van der Waals surface area contributed by atoms with Crippen molar-refractivity contribution in [1.29, 1.82) is 0 Å². The number of carbonyl (C=O) groups excluding carboxylic acids is 1. The van der Waals surface area contributed by atoms with Crippen molar-refractivity contribution in [3.63, 3.8) is 0 Å². The monoisotopic (exact) mass is 375 g/mol. The lowest BCUT2D eigenvalue weighted by molar-refractivity contribution is 0.102. The number of para-hydroxylation sites is 1. The minimum Gasteiger partial charge on any atom is -0.454 e. The number of benzene rings is 2. The summed E-state index contributed by atoms with van der Waals surface area (Å²) in [6, 6.07) is 16.9. The SMILES string of the molecule is O=C(Nc1nc(-c2ccc3c(c2)OCO3)cs1)c1ccc2ccccc2n1. The van der Waals surface area contributed by atoms with Crippen LogP contribution < -0.4 is 14.8 Å². The molecular formula is C20H13N3O3S. The van der Waals surface area contributed by atoms with E-state index >= 15 is 0 Å². The molecule has 0 radical (unpaired) electrons. The van der Waals surface area contributed by atoms with Crippen molar-refractivity contribution in [2.75, 3.05) is 12.1 Å². The molecule has 1 N–H and O–H groups in total. The van der Waals surface area contributed by atoms with Gasteiger partial charge in [-0.3, -0.25) is 10.1 Å². The Balaban J connectivity index is 1.37. The minimum atomic E-state index is -0.285. The maximum Gasteiger partial charge on any atom is 0.276 e. The van der Waals surface area contributed by atoms with E-state index < -0.39 is 0 Å². The third kappa shape index (κ3) is 2.98. The quantitative estimate of drug-likeness (QED) is 0.577. The number of pyridine rings is 1. The Morgan fingerprint density at radius 1 is 1.00 bits per heavy atom. The van der Waals surface area contributed by atoms with Crippen LogP contribution in [0.1, 0.15) is 10.5 Å². The molecule has 5 rings (SSSR count). The van der Waals surface area contributed by atoms with E-state index in [1.165, 1.54) is 11.3 Å². The number of rotatable bonds is 3. The largest absolute Gasteiger partial charge is 0.454 e. The van der Waals surface area contributed by atoms with E-state index in [1.54, 1.807) is 6.07 Å². The first-order chi connectivity index (χ1) is 13.3. The molecule has 0 saturated heterocycles. The van der Waals surface area contributed by atoms with E-state index in [0.29, 0.717) is 16.6 Å². The van der Waals surface area contributed by atoms with Crippen molar-refractivity contribution in [2.24, 2.45) is 0 Å². The molecule has 132 valence electrons. The number of carbonyl (C=O) groups is 1. The van der Waals surface area contributed by atoms with Gasteiger partial charge in [-0.2, -0.15) is 0 Å². The smallest absolute Gasteiger partial charge is 0.276 e. The van der Waals surface area contributed by atoms with Crippen molar-refractivity contribution in [3.05, 3.63) is 65.7 Å². The molecule has 7 heteroatoms. The lowest BCUT2D eigenvalue weighted by Gasteiger charge is -2.03. The highest BCUT2D eigenvalue weighted by molar-refractivity contribution is 7.14. The molecule has 6 nitrogen and oxygen atoms in total. The molecule has 3 heterocycles. The van der Waals surface area contributed by atoms with Gasteiger partial charge in [0.1, 0.15) is 5.69 Å². The second-order valence-corrected chi connectivity index (χ2v) is 6.81. The van der Waals surface area contributed by atoms with Gasteiger partial charge in [-0.05, 0) is 30.3 Å².